The summed E-state index contributed by atoms with van der Waals surface area (Å²) in [5.41, 5.74) is 4.92. The number of nitrogens with one attached hydrogen (secondary N) is 1. The molecule has 0 unspecified atom stereocenters. The maximum absolute atomic E-state index is 12.9. The molecule has 2 heterocycles. The highest BCUT2D eigenvalue weighted by Gasteiger charge is 2.33. The number of hydrogen-bond donors (Lipinski definition) is 1. The molecule has 0 amide bonds. The van der Waals surface area contributed by atoms with Crippen LogP contribution in [0.25, 0.3) is 21.3 Å². The van der Waals surface area contributed by atoms with Gasteiger partial charge in [-0.15, -0.1) is 11.3 Å². The molecule has 0 radical (unpaired) electrons. The third-order valence-corrected chi connectivity index (χ3v) is 7.65. The Hall–Kier alpha value is -2.15. The molecule has 3 aromatic rings. The number of aromatic nitrogens is 1. The van der Waals surface area contributed by atoms with E-state index in [0.717, 1.165) is 48.9 Å². The fourth-order valence-corrected chi connectivity index (χ4v) is 6.01. The number of hydrogen-bond acceptors (Lipinski definition) is 6. The summed E-state index contributed by atoms with van der Waals surface area (Å²) < 4.78 is 13.2. The van der Waals surface area contributed by atoms with E-state index in [4.69, 9.17) is 26.1 Å². The zero-order valence-corrected chi connectivity index (χ0v) is 21.2. The number of Topliss-reactive ketones (excluding diaryl/α,β-unsaturated/α-hetero) is 1. The number of benzene rings is 2. The van der Waals surface area contributed by atoms with E-state index in [1.165, 1.54) is 12.8 Å². The Kier molecular flexibility index (Phi) is 5.66. The van der Waals surface area contributed by atoms with Crippen LogP contribution in [0.1, 0.15) is 68.7 Å². The van der Waals surface area contributed by atoms with E-state index in [2.05, 4.69) is 11.4 Å². The molecule has 5 rings (SSSR count). The number of anilines is 1. The lowest BCUT2D eigenvalue weighted by molar-refractivity contribution is -0.138. The van der Waals surface area contributed by atoms with Crippen molar-refractivity contribution in [2.24, 2.45) is 0 Å². The van der Waals surface area contributed by atoms with Crippen LogP contribution in [0, 0.1) is 6.92 Å². The average molecular weight is 485 g/mol. The number of rotatable bonds is 5. The second kappa shape index (κ2) is 8.26. The van der Waals surface area contributed by atoms with Gasteiger partial charge in [0.25, 0.3) is 0 Å². The van der Waals surface area contributed by atoms with Gasteiger partial charge >= 0.3 is 0 Å². The van der Waals surface area contributed by atoms with E-state index >= 15 is 0 Å². The summed E-state index contributed by atoms with van der Waals surface area (Å²) in [5, 5.41) is 5.14. The summed E-state index contributed by atoms with van der Waals surface area (Å²) in [6.07, 6.45) is 1.67. The lowest BCUT2D eigenvalue weighted by Gasteiger charge is -2.29. The van der Waals surface area contributed by atoms with Crippen molar-refractivity contribution in [2.75, 3.05) is 18.5 Å². The Balaban J connectivity index is 1.81. The topological polar surface area (TPSA) is 60.5 Å². The molecule has 174 valence electrons. The first kappa shape index (κ1) is 22.6. The fourth-order valence-electron chi connectivity index (χ4n) is 4.41. The van der Waals surface area contributed by atoms with Gasteiger partial charge in [-0.05, 0) is 71.2 Å². The van der Waals surface area contributed by atoms with Gasteiger partial charge in [-0.25, -0.2) is 4.98 Å². The molecule has 2 aliphatic rings. The van der Waals surface area contributed by atoms with Gasteiger partial charge in [0.1, 0.15) is 18.5 Å². The van der Waals surface area contributed by atoms with Crippen molar-refractivity contribution in [2.45, 2.75) is 65.1 Å². The Labute approximate surface area is 203 Å². The maximum Gasteiger partial charge on any atom is 0.163 e. The first-order chi connectivity index (χ1) is 15.6. The van der Waals surface area contributed by atoms with Crippen molar-refractivity contribution < 1.29 is 14.3 Å². The lowest BCUT2D eigenvalue weighted by Crippen LogP contribution is -2.27. The molecule has 0 bridgehead atoms. The Bertz CT molecular complexity index is 1260. The highest BCUT2D eigenvalue weighted by atomic mass is 35.5. The van der Waals surface area contributed by atoms with Crippen molar-refractivity contribution in [1.29, 1.82) is 0 Å². The van der Waals surface area contributed by atoms with E-state index in [9.17, 15) is 4.79 Å². The van der Waals surface area contributed by atoms with Crippen LogP contribution in [-0.2, 0) is 9.53 Å². The van der Waals surface area contributed by atoms with Crippen LogP contribution >= 0.6 is 22.9 Å². The zero-order valence-electron chi connectivity index (χ0n) is 19.7. The average Bonchev–Trinajstić information content (AvgIpc) is 3.51. The minimum absolute atomic E-state index is 0.0314. The number of ketones is 1. The molecule has 1 saturated carbocycles. The third-order valence-electron chi connectivity index (χ3n) is 6.01. The normalized spacial score (nSPS) is 16.8. The van der Waals surface area contributed by atoms with Gasteiger partial charge in [-0.1, -0.05) is 11.6 Å². The summed E-state index contributed by atoms with van der Waals surface area (Å²) in [6.45, 7) is 10.8. The van der Waals surface area contributed by atoms with Gasteiger partial charge in [0.2, 0.25) is 0 Å². The quantitative estimate of drug-likeness (QED) is 0.420. The predicted octanol–water partition coefficient (Wildman–Crippen LogP) is 7.05. The smallest absolute Gasteiger partial charge is 0.163 e. The van der Waals surface area contributed by atoms with Crippen LogP contribution in [-0.4, -0.2) is 29.5 Å². The molecule has 33 heavy (non-hydrogen) atoms. The van der Waals surface area contributed by atoms with Crippen LogP contribution in [0.3, 0.4) is 0 Å². The standard InChI is InChI=1S/C26H29ClN2O3S/c1-13-12-17-24(33-25(29-17)15-6-7-15)20(19(13)23(14(2)30)32-26(3,4)5)16-8-9-18-22(21(16)27)28-10-11-31-18/h8-9,12,15,23,28H,6-7,10-11H2,1-5H3/t23-/m1/s1. The summed E-state index contributed by atoms with van der Waals surface area (Å²) in [5.74, 6) is 1.26. The van der Waals surface area contributed by atoms with Gasteiger partial charge in [0.15, 0.2) is 5.78 Å². The minimum atomic E-state index is -0.702. The SMILES string of the molecule is CC(=O)[C@@H](OC(C)(C)C)c1c(C)cc2nc(C3CC3)sc2c1-c1ccc2c(c1Cl)NCCO2. The monoisotopic (exact) mass is 484 g/mol. The van der Waals surface area contributed by atoms with Gasteiger partial charge in [0.05, 0.1) is 31.5 Å². The zero-order chi connectivity index (χ0) is 23.5. The highest BCUT2D eigenvalue weighted by Crippen LogP contribution is 2.50. The summed E-state index contributed by atoms with van der Waals surface area (Å²) in [7, 11) is 0. The molecule has 0 saturated heterocycles. The molecule has 7 heteroatoms. The molecule has 1 fully saturated rings. The second-order valence-electron chi connectivity index (χ2n) is 9.95. The van der Waals surface area contributed by atoms with Crippen molar-refractivity contribution >= 4 is 44.6 Å². The van der Waals surface area contributed by atoms with E-state index < -0.39 is 11.7 Å². The number of aryl methyl sites for hydroxylation is 1. The maximum atomic E-state index is 12.9. The van der Waals surface area contributed by atoms with Crippen LogP contribution in [0.2, 0.25) is 5.02 Å². The molecule has 1 aliphatic heterocycles. The molecule has 5 nitrogen and oxygen atoms in total. The number of fused-ring (bicyclic) bond motifs is 2. The van der Waals surface area contributed by atoms with Crippen molar-refractivity contribution in [3.05, 3.63) is 39.4 Å². The second-order valence-corrected chi connectivity index (χ2v) is 11.4. The lowest BCUT2D eigenvalue weighted by atomic mass is 9.89. The van der Waals surface area contributed by atoms with Crippen molar-refractivity contribution in [3.63, 3.8) is 0 Å². The summed E-state index contributed by atoms with van der Waals surface area (Å²) in [4.78, 5) is 17.9. The number of nitrogens with zero attached hydrogens (tertiary/aromatic N) is 1. The first-order valence-corrected chi connectivity index (χ1v) is 12.6. The molecule has 1 aliphatic carbocycles. The van der Waals surface area contributed by atoms with Gasteiger partial charge in [-0.3, -0.25) is 4.79 Å². The Morgan fingerprint density at radius 1 is 1.33 bits per heavy atom. The van der Waals surface area contributed by atoms with Crippen LogP contribution in [0.4, 0.5) is 5.69 Å². The van der Waals surface area contributed by atoms with E-state index in [1.54, 1.807) is 18.3 Å². The van der Waals surface area contributed by atoms with E-state index in [-0.39, 0.29) is 5.78 Å². The van der Waals surface area contributed by atoms with Gasteiger partial charge in [-0.2, -0.15) is 0 Å². The number of carbonyl (C=O) groups excluding carboxylic acids is 1. The molecule has 1 N–H and O–H groups in total. The van der Waals surface area contributed by atoms with Crippen LogP contribution in [0.15, 0.2) is 18.2 Å². The number of halogens is 1. The molecular weight excluding hydrogens is 456 g/mol. The van der Waals surface area contributed by atoms with Gasteiger partial charge in [0, 0.05) is 29.2 Å². The highest BCUT2D eigenvalue weighted by molar-refractivity contribution is 7.19. The molecule has 1 aromatic heterocycles. The van der Waals surface area contributed by atoms with E-state index in [1.807, 2.05) is 39.8 Å². The fraction of sp³-hybridized carbons (Fsp3) is 0.462. The van der Waals surface area contributed by atoms with Crippen LogP contribution in [0.5, 0.6) is 5.75 Å². The number of thiazole rings is 1. The predicted molar refractivity (Wildman–Crippen MR) is 135 cm³/mol. The largest absolute Gasteiger partial charge is 0.490 e. The van der Waals surface area contributed by atoms with Crippen LogP contribution < -0.4 is 10.1 Å². The number of ether oxygens (including phenoxy) is 2. The van der Waals surface area contributed by atoms with Crippen molar-refractivity contribution in [1.82, 2.24) is 4.98 Å². The van der Waals surface area contributed by atoms with Gasteiger partial charge < -0.3 is 14.8 Å². The molecule has 0 spiro atoms. The third kappa shape index (κ3) is 4.25. The molecule has 1 atom stereocenters. The Morgan fingerprint density at radius 3 is 2.76 bits per heavy atom. The van der Waals surface area contributed by atoms with E-state index in [0.29, 0.717) is 24.1 Å². The summed E-state index contributed by atoms with van der Waals surface area (Å²) in [6, 6.07) is 6.04. The summed E-state index contributed by atoms with van der Waals surface area (Å²) >= 11 is 8.72. The first-order valence-electron chi connectivity index (χ1n) is 11.5. The van der Waals surface area contributed by atoms with Crippen molar-refractivity contribution in [3.8, 4) is 16.9 Å². The molecule has 2 aromatic carbocycles. The molecular formula is C26H29ClN2O3S. The minimum Gasteiger partial charge on any atom is -0.490 e. The Morgan fingerprint density at radius 2 is 2.09 bits per heavy atom. The number of carbonyl (C=O) groups is 1.